The molecule has 0 bridgehead atoms. The van der Waals surface area contributed by atoms with E-state index in [1.807, 2.05) is 0 Å². The Balaban J connectivity index is 3.91. The lowest BCUT2D eigenvalue weighted by Crippen LogP contribution is -2.43. The lowest BCUT2D eigenvalue weighted by atomic mass is 10.0. The van der Waals surface area contributed by atoms with Gasteiger partial charge in [-0.25, -0.2) is 9.36 Å². The zero-order valence-corrected chi connectivity index (χ0v) is 33.3. The second kappa shape index (κ2) is 35.5. The Kier molecular flexibility index (Phi) is 34.4. The Morgan fingerprint density at radius 2 is 0.902 bits per heavy atom. The van der Waals surface area contributed by atoms with Gasteiger partial charge in [0.25, 0.3) is 0 Å². The summed E-state index contributed by atoms with van der Waals surface area (Å²) in [5, 5.41) is 21.8. The van der Waals surface area contributed by atoms with Crippen LogP contribution in [0.1, 0.15) is 200 Å². The summed E-state index contributed by atoms with van der Waals surface area (Å²) in [4.78, 5) is 45.7. The maximum Gasteiger partial charge on any atom is 0.472 e. The number of hydrogen-bond acceptors (Lipinski definition) is 8. The highest BCUT2D eigenvalue weighted by Gasteiger charge is 2.28. The van der Waals surface area contributed by atoms with Crippen molar-refractivity contribution in [2.24, 2.45) is 0 Å². The summed E-state index contributed by atoms with van der Waals surface area (Å²) in [5.41, 5.74) is 0. The van der Waals surface area contributed by atoms with Crippen LogP contribution in [0.5, 0.6) is 0 Å². The van der Waals surface area contributed by atoms with Gasteiger partial charge in [0.05, 0.1) is 13.2 Å². The van der Waals surface area contributed by atoms with Gasteiger partial charge in [-0.05, 0) is 12.8 Å². The molecule has 0 saturated carbocycles. The van der Waals surface area contributed by atoms with Crippen LogP contribution in [0.3, 0.4) is 0 Å². The van der Waals surface area contributed by atoms with Crippen LogP contribution in [-0.4, -0.2) is 64.9 Å². The number of carbonyl (C=O) groups excluding carboxylic acids is 2. The van der Waals surface area contributed by atoms with Gasteiger partial charge in [-0.2, -0.15) is 0 Å². The number of ether oxygens (including phenoxy) is 1. The molecule has 302 valence electrons. The SMILES string of the molecule is CCCCCCCCCCCCCCCCCCC(=O)NC(COP(=O)(O)OCC(O)COC(=O)CCCCCCCCCCCCC)C(=O)O. The van der Waals surface area contributed by atoms with Crippen LogP contribution < -0.4 is 5.32 Å². The number of esters is 1. The predicted octanol–water partition coefficient (Wildman–Crippen LogP) is 9.95. The van der Waals surface area contributed by atoms with Gasteiger partial charge in [0.2, 0.25) is 5.91 Å². The van der Waals surface area contributed by atoms with Crippen molar-refractivity contribution in [2.45, 2.75) is 212 Å². The smallest absolute Gasteiger partial charge is 0.472 e. The average Bonchev–Trinajstić information content (AvgIpc) is 3.10. The molecule has 11 nitrogen and oxygen atoms in total. The third kappa shape index (κ3) is 35.3. The maximum absolute atomic E-state index is 12.3. The van der Waals surface area contributed by atoms with Crippen LogP contribution in [0.15, 0.2) is 0 Å². The molecular formula is C39H76NO10P. The minimum absolute atomic E-state index is 0.152. The topological polar surface area (TPSA) is 169 Å². The lowest BCUT2D eigenvalue weighted by Gasteiger charge is -2.18. The average molecular weight is 750 g/mol. The molecule has 0 fully saturated rings. The number of phosphoric acid groups is 1. The van der Waals surface area contributed by atoms with E-state index in [2.05, 4.69) is 19.2 Å². The van der Waals surface area contributed by atoms with Gasteiger partial charge in [0, 0.05) is 12.8 Å². The van der Waals surface area contributed by atoms with Gasteiger partial charge in [-0.3, -0.25) is 18.6 Å². The Bertz CT molecular complexity index is 890. The van der Waals surface area contributed by atoms with E-state index in [4.69, 9.17) is 13.8 Å². The Morgan fingerprint density at radius 3 is 1.29 bits per heavy atom. The summed E-state index contributed by atoms with van der Waals surface area (Å²) in [6.45, 7) is 2.59. The van der Waals surface area contributed by atoms with Crippen molar-refractivity contribution in [1.82, 2.24) is 5.32 Å². The highest BCUT2D eigenvalue weighted by Crippen LogP contribution is 2.43. The van der Waals surface area contributed by atoms with Gasteiger partial charge in [0.1, 0.15) is 12.7 Å². The summed E-state index contributed by atoms with van der Waals surface area (Å²) >= 11 is 0. The van der Waals surface area contributed by atoms with Crippen LogP contribution in [0.4, 0.5) is 0 Å². The van der Waals surface area contributed by atoms with Crippen molar-refractivity contribution in [3.8, 4) is 0 Å². The number of aliphatic hydroxyl groups excluding tert-OH is 1. The van der Waals surface area contributed by atoms with Crippen LogP contribution in [0.25, 0.3) is 0 Å². The minimum Gasteiger partial charge on any atom is -0.480 e. The molecular weight excluding hydrogens is 673 g/mol. The summed E-state index contributed by atoms with van der Waals surface area (Å²) in [6.07, 6.45) is 31.3. The van der Waals surface area contributed by atoms with Gasteiger partial charge in [0.15, 0.2) is 6.04 Å². The molecule has 1 amide bonds. The third-order valence-electron chi connectivity index (χ3n) is 9.15. The minimum atomic E-state index is -4.74. The highest BCUT2D eigenvalue weighted by atomic mass is 31.2. The molecule has 0 saturated heterocycles. The number of unbranched alkanes of at least 4 members (excludes halogenated alkanes) is 25. The van der Waals surface area contributed by atoms with Gasteiger partial charge in [-0.15, -0.1) is 0 Å². The lowest BCUT2D eigenvalue weighted by molar-refractivity contribution is -0.147. The number of aliphatic hydroxyl groups is 1. The molecule has 4 N–H and O–H groups in total. The van der Waals surface area contributed by atoms with Crippen molar-refractivity contribution >= 4 is 25.7 Å². The standard InChI is InChI=1S/C39H76NO10P/c1-3-5-7-9-11-13-15-16-17-18-19-21-22-24-26-28-30-37(42)40-36(39(44)45)34-50-51(46,47)49-33-35(41)32-48-38(43)31-29-27-25-23-20-14-12-10-8-6-4-2/h35-36,41H,3-34H2,1-2H3,(H,40,42)(H,44,45)(H,46,47). The molecule has 3 atom stereocenters. The van der Waals surface area contributed by atoms with Crippen LogP contribution in [-0.2, 0) is 32.7 Å². The largest absolute Gasteiger partial charge is 0.480 e. The number of rotatable bonds is 39. The van der Waals surface area contributed by atoms with E-state index in [0.717, 1.165) is 38.5 Å². The van der Waals surface area contributed by atoms with Gasteiger partial charge in [-0.1, -0.05) is 174 Å². The van der Waals surface area contributed by atoms with Gasteiger partial charge < -0.3 is 25.2 Å². The van der Waals surface area contributed by atoms with Crippen molar-refractivity contribution in [2.75, 3.05) is 19.8 Å². The molecule has 0 aromatic rings. The Hall–Kier alpha value is -1.52. The first-order chi connectivity index (χ1) is 24.6. The fraction of sp³-hybridized carbons (Fsp3) is 0.923. The fourth-order valence-electron chi connectivity index (χ4n) is 5.90. The molecule has 0 rings (SSSR count). The number of amides is 1. The first-order valence-electron chi connectivity index (χ1n) is 20.6. The Morgan fingerprint density at radius 1 is 0.549 bits per heavy atom. The van der Waals surface area contributed by atoms with E-state index in [0.29, 0.717) is 12.8 Å². The number of carboxylic acid groups (broad SMARTS) is 1. The summed E-state index contributed by atoms with van der Waals surface area (Å²) < 4.78 is 26.7. The first kappa shape index (κ1) is 49.5. The van der Waals surface area contributed by atoms with Crippen molar-refractivity contribution < 1.29 is 47.8 Å². The second-order valence-corrected chi connectivity index (χ2v) is 15.6. The van der Waals surface area contributed by atoms with Crippen LogP contribution in [0, 0.1) is 0 Å². The van der Waals surface area contributed by atoms with E-state index in [1.165, 1.54) is 122 Å². The second-order valence-electron chi connectivity index (χ2n) is 14.2. The number of carbonyl (C=O) groups is 3. The highest BCUT2D eigenvalue weighted by molar-refractivity contribution is 7.47. The molecule has 0 spiro atoms. The van der Waals surface area contributed by atoms with E-state index >= 15 is 0 Å². The monoisotopic (exact) mass is 750 g/mol. The van der Waals surface area contributed by atoms with Crippen LogP contribution >= 0.6 is 7.82 Å². The molecule has 0 radical (unpaired) electrons. The number of aliphatic carboxylic acids is 1. The summed E-state index contributed by atoms with van der Waals surface area (Å²) in [6, 6.07) is -1.54. The first-order valence-corrected chi connectivity index (χ1v) is 22.1. The molecule has 51 heavy (non-hydrogen) atoms. The van der Waals surface area contributed by atoms with E-state index < -0.39 is 57.6 Å². The zero-order valence-electron chi connectivity index (χ0n) is 32.4. The molecule has 0 aromatic heterocycles. The van der Waals surface area contributed by atoms with E-state index in [1.54, 1.807) is 0 Å². The molecule has 0 aliphatic heterocycles. The molecule has 12 heteroatoms. The van der Waals surface area contributed by atoms with Crippen LogP contribution in [0.2, 0.25) is 0 Å². The molecule has 0 heterocycles. The van der Waals surface area contributed by atoms with Crippen molar-refractivity contribution in [1.29, 1.82) is 0 Å². The summed E-state index contributed by atoms with van der Waals surface area (Å²) in [7, 11) is -4.74. The number of hydrogen-bond donors (Lipinski definition) is 4. The number of phosphoric ester groups is 1. The maximum atomic E-state index is 12.3. The number of carboxylic acids is 1. The quantitative estimate of drug-likeness (QED) is 0.0270. The Labute approximate surface area is 310 Å². The third-order valence-corrected chi connectivity index (χ3v) is 10.1. The molecule has 0 aliphatic carbocycles. The van der Waals surface area contributed by atoms with Crippen molar-refractivity contribution in [3.63, 3.8) is 0 Å². The predicted molar refractivity (Wildman–Crippen MR) is 204 cm³/mol. The van der Waals surface area contributed by atoms with E-state index in [9.17, 15) is 34.1 Å². The number of nitrogens with one attached hydrogen (secondary N) is 1. The fourth-order valence-corrected chi connectivity index (χ4v) is 6.68. The van der Waals surface area contributed by atoms with Gasteiger partial charge >= 0.3 is 19.8 Å². The molecule has 0 aromatic carbocycles. The zero-order chi connectivity index (χ0) is 37.8. The van der Waals surface area contributed by atoms with Crippen molar-refractivity contribution in [3.05, 3.63) is 0 Å². The normalized spacial score (nSPS) is 13.8. The molecule has 3 unspecified atom stereocenters. The summed E-state index contributed by atoms with van der Waals surface area (Å²) in [5.74, 6) is -2.36. The molecule has 0 aliphatic rings. The van der Waals surface area contributed by atoms with E-state index in [-0.39, 0.29) is 12.8 Å².